The summed E-state index contributed by atoms with van der Waals surface area (Å²) in [5, 5.41) is 0. The van der Waals surface area contributed by atoms with Crippen molar-refractivity contribution in [1.82, 2.24) is 0 Å². The standard InChI is InChI=1S/C18H34O4S2/c1-17(2,21-15(19)9-13-23)11-7-5-6-8-12-18(3,4)22-16(20)10-14-24/h23-24H,5-14H2,1-4H3. The summed E-state index contributed by atoms with van der Waals surface area (Å²) in [6, 6.07) is 0. The maximum atomic E-state index is 11.5. The molecule has 4 nitrogen and oxygen atoms in total. The molecule has 0 aliphatic rings. The third-order valence-corrected chi connectivity index (χ3v) is 4.17. The lowest BCUT2D eigenvalue weighted by Gasteiger charge is -2.26. The zero-order valence-corrected chi connectivity index (χ0v) is 17.4. The summed E-state index contributed by atoms with van der Waals surface area (Å²) < 4.78 is 10.9. The normalized spacial score (nSPS) is 12.1. The van der Waals surface area contributed by atoms with Crippen LogP contribution in [0.1, 0.15) is 79.1 Å². The van der Waals surface area contributed by atoms with Crippen LogP contribution in [0.3, 0.4) is 0 Å². The second-order valence-electron chi connectivity index (χ2n) is 7.33. The molecule has 0 spiro atoms. The van der Waals surface area contributed by atoms with E-state index < -0.39 is 11.2 Å². The number of unbranched alkanes of at least 4 members (excludes halogenated alkanes) is 3. The fourth-order valence-electron chi connectivity index (χ4n) is 2.46. The molecule has 0 heterocycles. The average Bonchev–Trinajstić information content (AvgIpc) is 2.41. The Balaban J connectivity index is 3.85. The molecule has 0 aromatic rings. The van der Waals surface area contributed by atoms with Crippen molar-refractivity contribution in [2.75, 3.05) is 11.5 Å². The summed E-state index contributed by atoms with van der Waals surface area (Å²) in [6.45, 7) is 7.81. The van der Waals surface area contributed by atoms with Gasteiger partial charge in [-0.3, -0.25) is 9.59 Å². The van der Waals surface area contributed by atoms with Crippen molar-refractivity contribution in [3.8, 4) is 0 Å². The van der Waals surface area contributed by atoms with Crippen molar-refractivity contribution < 1.29 is 19.1 Å². The van der Waals surface area contributed by atoms with Gasteiger partial charge in [0.25, 0.3) is 0 Å². The quantitative estimate of drug-likeness (QED) is 0.279. The van der Waals surface area contributed by atoms with Crippen LogP contribution in [0.2, 0.25) is 0 Å². The van der Waals surface area contributed by atoms with Gasteiger partial charge in [0, 0.05) is 11.5 Å². The minimum atomic E-state index is -0.415. The van der Waals surface area contributed by atoms with Crippen molar-refractivity contribution >= 4 is 37.2 Å². The van der Waals surface area contributed by atoms with Crippen LogP contribution >= 0.6 is 25.3 Å². The van der Waals surface area contributed by atoms with E-state index in [0.717, 1.165) is 38.5 Å². The van der Waals surface area contributed by atoms with E-state index in [4.69, 9.17) is 9.47 Å². The highest BCUT2D eigenvalue weighted by Gasteiger charge is 2.23. The Labute approximate surface area is 158 Å². The lowest BCUT2D eigenvalue weighted by atomic mass is 9.96. The Hall–Kier alpha value is -0.360. The van der Waals surface area contributed by atoms with Crippen LogP contribution < -0.4 is 0 Å². The molecule has 142 valence electrons. The molecule has 0 aliphatic heterocycles. The first-order chi connectivity index (χ1) is 11.1. The summed E-state index contributed by atoms with van der Waals surface area (Å²) in [6.07, 6.45) is 6.60. The lowest BCUT2D eigenvalue weighted by molar-refractivity contribution is -0.157. The number of esters is 2. The highest BCUT2D eigenvalue weighted by atomic mass is 32.1. The van der Waals surface area contributed by atoms with Crippen molar-refractivity contribution in [2.45, 2.75) is 90.3 Å². The predicted molar refractivity (Wildman–Crippen MR) is 105 cm³/mol. The van der Waals surface area contributed by atoms with Gasteiger partial charge in [-0.05, 0) is 53.4 Å². The summed E-state index contributed by atoms with van der Waals surface area (Å²) in [5.74, 6) is 0.673. The molecule has 0 bridgehead atoms. The molecule has 0 saturated heterocycles. The molecule has 0 aliphatic carbocycles. The molecule has 0 aromatic heterocycles. The molecule has 0 aromatic carbocycles. The lowest BCUT2D eigenvalue weighted by Crippen LogP contribution is -2.28. The average molecular weight is 379 g/mol. The highest BCUT2D eigenvalue weighted by Crippen LogP contribution is 2.23. The Morgan fingerprint density at radius 2 is 1.04 bits per heavy atom. The fraction of sp³-hybridized carbons (Fsp3) is 0.889. The van der Waals surface area contributed by atoms with Crippen molar-refractivity contribution in [1.29, 1.82) is 0 Å². The van der Waals surface area contributed by atoms with Gasteiger partial charge >= 0.3 is 11.9 Å². The van der Waals surface area contributed by atoms with Gasteiger partial charge < -0.3 is 9.47 Å². The second-order valence-corrected chi connectivity index (χ2v) is 8.22. The van der Waals surface area contributed by atoms with Gasteiger partial charge in [0.05, 0.1) is 12.8 Å². The minimum Gasteiger partial charge on any atom is -0.460 e. The van der Waals surface area contributed by atoms with Gasteiger partial charge in [-0.25, -0.2) is 0 Å². The summed E-state index contributed by atoms with van der Waals surface area (Å²) >= 11 is 8.08. The Kier molecular flexibility index (Phi) is 11.9. The van der Waals surface area contributed by atoms with E-state index in [1.54, 1.807) is 0 Å². The molecule has 0 rings (SSSR count). The summed E-state index contributed by atoms with van der Waals surface area (Å²) in [7, 11) is 0. The second kappa shape index (κ2) is 12.1. The first kappa shape index (κ1) is 23.6. The van der Waals surface area contributed by atoms with E-state index in [1.165, 1.54) is 0 Å². The van der Waals surface area contributed by atoms with E-state index in [1.807, 2.05) is 27.7 Å². The number of carbonyl (C=O) groups is 2. The van der Waals surface area contributed by atoms with Crippen LogP contribution in [-0.2, 0) is 19.1 Å². The minimum absolute atomic E-state index is 0.181. The summed E-state index contributed by atoms with van der Waals surface area (Å²) in [4.78, 5) is 23.0. The van der Waals surface area contributed by atoms with Crippen LogP contribution in [0.5, 0.6) is 0 Å². The van der Waals surface area contributed by atoms with E-state index in [0.29, 0.717) is 24.3 Å². The predicted octanol–water partition coefficient (Wildman–Crippen LogP) is 4.61. The van der Waals surface area contributed by atoms with Crippen LogP contribution in [-0.4, -0.2) is 34.6 Å². The smallest absolute Gasteiger partial charge is 0.307 e. The first-order valence-corrected chi connectivity index (χ1v) is 10.0. The van der Waals surface area contributed by atoms with Crippen molar-refractivity contribution in [3.63, 3.8) is 0 Å². The molecule has 0 fully saturated rings. The third-order valence-electron chi connectivity index (χ3n) is 3.72. The molecule has 0 N–H and O–H groups in total. The molecule has 0 atom stereocenters. The van der Waals surface area contributed by atoms with Gasteiger partial charge in [-0.15, -0.1) is 0 Å². The molecular formula is C18H34O4S2. The Bertz CT molecular complexity index is 345. The SMILES string of the molecule is CC(C)(CCCCCCC(C)(C)OC(=O)CCS)OC(=O)CCS. The highest BCUT2D eigenvalue weighted by molar-refractivity contribution is 7.80. The maximum absolute atomic E-state index is 11.5. The fourth-order valence-corrected chi connectivity index (χ4v) is 2.82. The van der Waals surface area contributed by atoms with Gasteiger partial charge in [0.2, 0.25) is 0 Å². The topological polar surface area (TPSA) is 52.6 Å². The van der Waals surface area contributed by atoms with Crippen LogP contribution in [0.4, 0.5) is 0 Å². The Morgan fingerprint density at radius 3 is 1.33 bits per heavy atom. The van der Waals surface area contributed by atoms with Gasteiger partial charge in [0.1, 0.15) is 11.2 Å². The van der Waals surface area contributed by atoms with Gasteiger partial charge in [0.15, 0.2) is 0 Å². The van der Waals surface area contributed by atoms with E-state index in [-0.39, 0.29) is 11.9 Å². The van der Waals surface area contributed by atoms with Crippen molar-refractivity contribution in [2.24, 2.45) is 0 Å². The number of carbonyl (C=O) groups excluding carboxylic acids is 2. The van der Waals surface area contributed by atoms with Crippen LogP contribution in [0, 0.1) is 0 Å². The van der Waals surface area contributed by atoms with Crippen LogP contribution in [0.25, 0.3) is 0 Å². The number of thiol groups is 2. The zero-order valence-electron chi connectivity index (χ0n) is 15.6. The summed E-state index contributed by atoms with van der Waals surface area (Å²) in [5.41, 5.74) is -0.830. The molecule has 0 amide bonds. The largest absolute Gasteiger partial charge is 0.460 e. The molecule has 0 unspecified atom stereocenters. The number of rotatable bonds is 13. The molecule has 6 heteroatoms. The number of hydrogen-bond acceptors (Lipinski definition) is 6. The molecular weight excluding hydrogens is 344 g/mol. The van der Waals surface area contributed by atoms with Gasteiger partial charge in [-0.1, -0.05) is 12.8 Å². The monoisotopic (exact) mass is 378 g/mol. The van der Waals surface area contributed by atoms with Gasteiger partial charge in [-0.2, -0.15) is 25.3 Å². The van der Waals surface area contributed by atoms with E-state index in [2.05, 4.69) is 25.3 Å². The number of hydrogen-bond donors (Lipinski definition) is 2. The zero-order chi connectivity index (χ0) is 18.6. The first-order valence-electron chi connectivity index (χ1n) is 8.77. The van der Waals surface area contributed by atoms with E-state index >= 15 is 0 Å². The van der Waals surface area contributed by atoms with Crippen LogP contribution in [0.15, 0.2) is 0 Å². The molecule has 0 radical (unpaired) electrons. The number of ether oxygens (including phenoxy) is 2. The Morgan fingerprint density at radius 1 is 0.708 bits per heavy atom. The van der Waals surface area contributed by atoms with E-state index in [9.17, 15) is 9.59 Å². The molecule has 24 heavy (non-hydrogen) atoms. The van der Waals surface area contributed by atoms with Crippen molar-refractivity contribution in [3.05, 3.63) is 0 Å². The maximum Gasteiger partial charge on any atom is 0.307 e. The third kappa shape index (κ3) is 13.0. The molecule has 0 saturated carbocycles.